The van der Waals surface area contributed by atoms with E-state index >= 15 is 0 Å². The van der Waals surface area contributed by atoms with Crippen molar-refractivity contribution >= 4 is 11.8 Å². The largest absolute Gasteiger partial charge is 0.359 e. The number of piperidine rings is 1. The predicted molar refractivity (Wildman–Crippen MR) is 72.1 cm³/mol. The zero-order chi connectivity index (χ0) is 13.6. The number of hydrogen-bond acceptors (Lipinski definition) is 2. The van der Waals surface area contributed by atoms with Crippen LogP contribution >= 0.6 is 0 Å². The van der Waals surface area contributed by atoms with E-state index in [9.17, 15) is 9.59 Å². The number of amides is 2. The first-order valence-electron chi connectivity index (χ1n) is 6.99. The molecule has 1 aliphatic heterocycles. The van der Waals surface area contributed by atoms with Gasteiger partial charge in [0.25, 0.3) is 0 Å². The first-order chi connectivity index (χ1) is 8.53. The Morgan fingerprint density at radius 1 is 1.17 bits per heavy atom. The highest BCUT2D eigenvalue weighted by Crippen LogP contribution is 2.53. The van der Waals surface area contributed by atoms with Gasteiger partial charge in [-0.2, -0.15) is 0 Å². The normalized spacial score (nSPS) is 19.8. The van der Waals surface area contributed by atoms with Crippen LogP contribution < -0.4 is 5.32 Å². The maximum atomic E-state index is 11.6. The monoisotopic (exact) mass is 254 g/mol. The molecule has 2 rings (SSSR count). The fourth-order valence-electron chi connectivity index (χ4n) is 2.28. The summed E-state index contributed by atoms with van der Waals surface area (Å²) in [7, 11) is 1.60. The zero-order valence-corrected chi connectivity index (χ0v) is 11.9. The first kappa shape index (κ1) is 15.0. The van der Waals surface area contributed by atoms with Gasteiger partial charge in [0, 0.05) is 33.5 Å². The molecule has 1 saturated heterocycles. The lowest BCUT2D eigenvalue weighted by molar-refractivity contribution is -0.132. The average molecular weight is 254 g/mol. The number of rotatable bonds is 2. The molecular formula is C14H26N2O2. The van der Waals surface area contributed by atoms with Crippen molar-refractivity contribution in [3.63, 3.8) is 0 Å². The van der Waals surface area contributed by atoms with Crippen LogP contribution in [0.4, 0.5) is 0 Å². The van der Waals surface area contributed by atoms with E-state index in [-0.39, 0.29) is 5.91 Å². The first-order valence-corrected chi connectivity index (χ1v) is 6.99. The molecule has 0 aromatic rings. The van der Waals surface area contributed by atoms with Crippen molar-refractivity contribution in [1.29, 1.82) is 0 Å². The minimum absolute atomic E-state index is 0.00463. The molecule has 1 N–H and O–H groups in total. The van der Waals surface area contributed by atoms with Crippen molar-refractivity contribution in [3.8, 4) is 0 Å². The smallest absolute Gasteiger partial charge is 0.222 e. The van der Waals surface area contributed by atoms with E-state index < -0.39 is 0 Å². The van der Waals surface area contributed by atoms with E-state index in [0.717, 1.165) is 25.9 Å². The van der Waals surface area contributed by atoms with Crippen LogP contribution in [0, 0.1) is 5.41 Å². The highest BCUT2D eigenvalue weighted by atomic mass is 16.2. The molecule has 1 saturated carbocycles. The van der Waals surface area contributed by atoms with Crippen molar-refractivity contribution in [2.75, 3.05) is 20.1 Å². The lowest BCUT2D eigenvalue weighted by atomic mass is 9.93. The minimum Gasteiger partial charge on any atom is -0.359 e. The molecule has 0 aromatic heterocycles. The Morgan fingerprint density at radius 3 is 2.00 bits per heavy atom. The van der Waals surface area contributed by atoms with Crippen LogP contribution in [0.15, 0.2) is 0 Å². The predicted octanol–water partition coefficient (Wildman–Crippen LogP) is 1.94. The molecule has 4 heteroatoms. The van der Waals surface area contributed by atoms with Crippen LogP contribution in [0.5, 0.6) is 0 Å². The highest BCUT2D eigenvalue weighted by molar-refractivity contribution is 5.76. The molecule has 0 unspecified atom stereocenters. The van der Waals surface area contributed by atoms with Gasteiger partial charge in [-0.15, -0.1) is 0 Å². The van der Waals surface area contributed by atoms with Gasteiger partial charge >= 0.3 is 0 Å². The number of nitrogens with zero attached hydrogens (tertiary/aromatic N) is 1. The lowest BCUT2D eigenvalue weighted by Gasteiger charge is -2.32. The summed E-state index contributed by atoms with van der Waals surface area (Å²) in [6.45, 7) is 5.60. The van der Waals surface area contributed by atoms with Crippen LogP contribution in [0.2, 0.25) is 0 Å². The summed E-state index contributed by atoms with van der Waals surface area (Å²) in [6.07, 6.45) is 7.10. The maximum Gasteiger partial charge on any atom is 0.222 e. The molecule has 2 aliphatic rings. The Morgan fingerprint density at radius 2 is 1.67 bits per heavy atom. The SMILES string of the molecule is CCCC(=O)N1CCC2(CC1)CC2.CNC(C)=O. The van der Waals surface area contributed by atoms with Gasteiger partial charge in [0.1, 0.15) is 0 Å². The quantitative estimate of drug-likeness (QED) is 0.818. The Bertz CT molecular complexity index is 288. The number of likely N-dealkylation sites (tertiary alicyclic amines) is 1. The van der Waals surface area contributed by atoms with E-state index in [2.05, 4.69) is 17.1 Å². The molecule has 4 nitrogen and oxygen atoms in total. The fourth-order valence-corrected chi connectivity index (χ4v) is 2.28. The standard InChI is InChI=1S/C11H19NO.C3H7NO/c1-2-3-10(13)12-8-6-11(4-5-11)7-9-12;1-3(5)4-2/h2-9H2,1H3;1-2H3,(H,4,5). The summed E-state index contributed by atoms with van der Waals surface area (Å²) < 4.78 is 0. The fraction of sp³-hybridized carbons (Fsp3) is 0.857. The third-order valence-electron chi connectivity index (χ3n) is 3.95. The van der Waals surface area contributed by atoms with Gasteiger partial charge in [-0.05, 0) is 37.5 Å². The molecule has 104 valence electrons. The van der Waals surface area contributed by atoms with Gasteiger partial charge < -0.3 is 10.2 Å². The zero-order valence-electron chi connectivity index (χ0n) is 11.9. The molecular weight excluding hydrogens is 228 g/mol. The van der Waals surface area contributed by atoms with Crippen LogP contribution in [0.1, 0.15) is 52.4 Å². The second-order valence-electron chi connectivity index (χ2n) is 5.44. The topological polar surface area (TPSA) is 49.4 Å². The molecule has 2 fully saturated rings. The third-order valence-corrected chi connectivity index (χ3v) is 3.95. The molecule has 0 radical (unpaired) electrons. The Labute approximate surface area is 110 Å². The molecule has 1 heterocycles. The number of hydrogen-bond donors (Lipinski definition) is 1. The Balaban J connectivity index is 0.000000280. The van der Waals surface area contributed by atoms with Gasteiger partial charge in [0.05, 0.1) is 0 Å². The Kier molecular flexibility index (Phi) is 5.63. The van der Waals surface area contributed by atoms with E-state index in [1.165, 1.54) is 32.6 Å². The van der Waals surface area contributed by atoms with Crippen LogP contribution in [-0.4, -0.2) is 36.9 Å². The van der Waals surface area contributed by atoms with E-state index in [4.69, 9.17) is 0 Å². The summed E-state index contributed by atoms with van der Waals surface area (Å²) in [5.41, 5.74) is 0.697. The number of carbonyl (C=O) groups excluding carboxylic acids is 2. The van der Waals surface area contributed by atoms with E-state index in [0.29, 0.717) is 11.3 Å². The summed E-state index contributed by atoms with van der Waals surface area (Å²) in [5, 5.41) is 2.39. The van der Waals surface area contributed by atoms with Gasteiger partial charge in [-0.25, -0.2) is 0 Å². The number of nitrogens with one attached hydrogen (secondary N) is 1. The molecule has 18 heavy (non-hydrogen) atoms. The molecule has 1 aliphatic carbocycles. The van der Waals surface area contributed by atoms with E-state index in [1.54, 1.807) is 7.05 Å². The molecule has 2 amide bonds. The summed E-state index contributed by atoms with van der Waals surface area (Å²) in [6, 6.07) is 0. The summed E-state index contributed by atoms with van der Waals surface area (Å²) in [4.78, 5) is 23.3. The number of carbonyl (C=O) groups is 2. The van der Waals surface area contributed by atoms with Crippen molar-refractivity contribution in [3.05, 3.63) is 0 Å². The van der Waals surface area contributed by atoms with Crippen LogP contribution in [0.3, 0.4) is 0 Å². The molecule has 0 bridgehead atoms. The van der Waals surface area contributed by atoms with Crippen molar-refractivity contribution in [2.24, 2.45) is 5.41 Å². The van der Waals surface area contributed by atoms with Crippen molar-refractivity contribution in [2.45, 2.75) is 52.4 Å². The Hall–Kier alpha value is -1.06. The van der Waals surface area contributed by atoms with Crippen molar-refractivity contribution in [1.82, 2.24) is 10.2 Å². The maximum absolute atomic E-state index is 11.6. The van der Waals surface area contributed by atoms with Crippen LogP contribution in [0.25, 0.3) is 0 Å². The van der Waals surface area contributed by atoms with E-state index in [1.807, 2.05) is 0 Å². The van der Waals surface area contributed by atoms with Gasteiger partial charge in [0.2, 0.25) is 11.8 Å². The van der Waals surface area contributed by atoms with Gasteiger partial charge in [-0.1, -0.05) is 6.92 Å². The third kappa shape index (κ3) is 4.67. The second-order valence-corrected chi connectivity index (χ2v) is 5.44. The summed E-state index contributed by atoms with van der Waals surface area (Å²) in [5.74, 6) is 0.378. The minimum atomic E-state index is 0.00463. The van der Waals surface area contributed by atoms with Crippen molar-refractivity contribution < 1.29 is 9.59 Å². The lowest BCUT2D eigenvalue weighted by Crippen LogP contribution is -2.38. The summed E-state index contributed by atoms with van der Waals surface area (Å²) >= 11 is 0. The second kappa shape index (κ2) is 6.76. The molecule has 1 spiro atoms. The van der Waals surface area contributed by atoms with Gasteiger partial charge in [-0.3, -0.25) is 9.59 Å². The highest BCUT2D eigenvalue weighted by Gasteiger charge is 2.44. The van der Waals surface area contributed by atoms with Crippen LogP contribution in [-0.2, 0) is 9.59 Å². The average Bonchev–Trinajstić information content (AvgIpc) is 3.11. The molecule has 0 atom stereocenters. The molecule has 0 aromatic carbocycles. The van der Waals surface area contributed by atoms with Gasteiger partial charge in [0.15, 0.2) is 0 Å².